The van der Waals surface area contributed by atoms with Gasteiger partial charge in [-0.1, -0.05) is 35.9 Å². The maximum atomic E-state index is 13.4. The fourth-order valence-corrected chi connectivity index (χ4v) is 4.18. The van der Waals surface area contributed by atoms with E-state index in [1.54, 1.807) is 55.5 Å². The largest absolute Gasteiger partial charge is 0.495 e. The SMILES string of the molecule is COc1ccccc1N(CC(=O)N(Cc1ccc(Cl)cc1)[C@H](C)C(=O)NC(C)C)S(C)(=O)=O. The second-order valence-corrected chi connectivity index (χ2v) is 10.3. The van der Waals surface area contributed by atoms with Crippen LogP contribution in [0.2, 0.25) is 5.02 Å². The second kappa shape index (κ2) is 11.4. The minimum absolute atomic E-state index is 0.103. The van der Waals surface area contributed by atoms with Crippen LogP contribution in [0, 0.1) is 0 Å². The van der Waals surface area contributed by atoms with Crippen molar-refractivity contribution in [2.75, 3.05) is 24.2 Å². The van der Waals surface area contributed by atoms with Crippen LogP contribution in [0.3, 0.4) is 0 Å². The number of amides is 2. The van der Waals surface area contributed by atoms with Crippen molar-refractivity contribution < 1.29 is 22.7 Å². The Morgan fingerprint density at radius 3 is 2.21 bits per heavy atom. The third kappa shape index (κ3) is 7.36. The third-order valence-corrected chi connectivity index (χ3v) is 6.28. The molecule has 2 amide bonds. The number of nitrogens with zero attached hydrogens (tertiary/aromatic N) is 2. The monoisotopic (exact) mass is 495 g/mol. The first kappa shape index (κ1) is 26.5. The maximum Gasteiger partial charge on any atom is 0.244 e. The molecule has 180 valence electrons. The molecule has 0 heterocycles. The number of ether oxygens (including phenoxy) is 1. The number of carbonyl (C=O) groups is 2. The standard InChI is InChI=1S/C23H30ClN3O5S/c1-16(2)25-23(29)17(3)26(14-18-10-12-19(24)13-11-18)22(28)15-27(33(5,30)31)20-8-6-7-9-21(20)32-4/h6-13,16-17H,14-15H2,1-5H3,(H,25,29)/t17-/m1/s1. The van der Waals surface area contributed by atoms with Gasteiger partial charge in [-0.3, -0.25) is 13.9 Å². The van der Waals surface area contributed by atoms with Crippen LogP contribution in [0.15, 0.2) is 48.5 Å². The zero-order valence-electron chi connectivity index (χ0n) is 19.4. The van der Waals surface area contributed by atoms with Gasteiger partial charge in [0, 0.05) is 17.6 Å². The first-order chi connectivity index (χ1) is 15.4. The Morgan fingerprint density at radius 2 is 1.67 bits per heavy atom. The quantitative estimate of drug-likeness (QED) is 0.546. The number of nitrogens with one attached hydrogen (secondary N) is 1. The van der Waals surface area contributed by atoms with Gasteiger partial charge in [-0.15, -0.1) is 0 Å². The Hall–Kier alpha value is -2.78. The van der Waals surface area contributed by atoms with E-state index in [2.05, 4.69) is 5.32 Å². The molecule has 0 aromatic heterocycles. The summed E-state index contributed by atoms with van der Waals surface area (Å²) in [5, 5.41) is 3.34. The molecule has 33 heavy (non-hydrogen) atoms. The van der Waals surface area contributed by atoms with E-state index in [0.717, 1.165) is 16.1 Å². The van der Waals surface area contributed by atoms with Crippen LogP contribution in [-0.4, -0.2) is 57.1 Å². The molecule has 1 atom stereocenters. The highest BCUT2D eigenvalue weighted by atomic mass is 35.5. The van der Waals surface area contributed by atoms with Crippen molar-refractivity contribution in [3.63, 3.8) is 0 Å². The van der Waals surface area contributed by atoms with Gasteiger partial charge < -0.3 is 15.0 Å². The summed E-state index contributed by atoms with van der Waals surface area (Å²) < 4.78 is 31.5. The fraction of sp³-hybridized carbons (Fsp3) is 0.391. The summed E-state index contributed by atoms with van der Waals surface area (Å²) in [6, 6.07) is 12.5. The van der Waals surface area contributed by atoms with Gasteiger partial charge in [-0.25, -0.2) is 8.42 Å². The summed E-state index contributed by atoms with van der Waals surface area (Å²) in [4.78, 5) is 27.5. The molecule has 2 aromatic rings. The van der Waals surface area contributed by atoms with E-state index in [9.17, 15) is 18.0 Å². The van der Waals surface area contributed by atoms with E-state index in [0.29, 0.717) is 10.8 Å². The Balaban J connectivity index is 2.42. The van der Waals surface area contributed by atoms with E-state index < -0.39 is 28.5 Å². The van der Waals surface area contributed by atoms with Crippen molar-refractivity contribution in [1.82, 2.24) is 10.2 Å². The Labute approximate surface area is 200 Å². The van der Waals surface area contributed by atoms with Crippen LogP contribution < -0.4 is 14.4 Å². The maximum absolute atomic E-state index is 13.4. The molecule has 0 spiro atoms. The number of methoxy groups -OCH3 is 1. The number of halogens is 1. The summed E-state index contributed by atoms with van der Waals surface area (Å²) in [5.41, 5.74) is 0.988. The Kier molecular flexibility index (Phi) is 9.13. The lowest BCUT2D eigenvalue weighted by atomic mass is 10.1. The van der Waals surface area contributed by atoms with Crippen LogP contribution in [-0.2, 0) is 26.2 Å². The van der Waals surface area contributed by atoms with Gasteiger partial charge in [0.1, 0.15) is 18.3 Å². The van der Waals surface area contributed by atoms with E-state index in [-0.39, 0.29) is 24.2 Å². The number of para-hydroxylation sites is 2. The summed E-state index contributed by atoms with van der Waals surface area (Å²) in [6.07, 6.45) is 1.02. The number of sulfonamides is 1. The summed E-state index contributed by atoms with van der Waals surface area (Å²) >= 11 is 5.97. The predicted octanol–water partition coefficient (Wildman–Crippen LogP) is 3.06. The highest BCUT2D eigenvalue weighted by Crippen LogP contribution is 2.29. The molecule has 1 N–H and O–H groups in total. The molecule has 0 saturated heterocycles. The number of hydrogen-bond acceptors (Lipinski definition) is 5. The van der Waals surface area contributed by atoms with Crippen LogP contribution in [0.4, 0.5) is 5.69 Å². The fourth-order valence-electron chi connectivity index (χ4n) is 3.20. The average Bonchev–Trinajstić information content (AvgIpc) is 2.75. The molecule has 0 bridgehead atoms. The van der Waals surface area contributed by atoms with E-state index in [1.807, 2.05) is 13.8 Å². The van der Waals surface area contributed by atoms with Crippen LogP contribution >= 0.6 is 11.6 Å². The van der Waals surface area contributed by atoms with Gasteiger partial charge in [0.2, 0.25) is 21.8 Å². The zero-order valence-corrected chi connectivity index (χ0v) is 21.0. The van der Waals surface area contributed by atoms with Gasteiger partial charge in [0.05, 0.1) is 19.1 Å². The highest BCUT2D eigenvalue weighted by Gasteiger charge is 2.31. The molecule has 8 nitrogen and oxygen atoms in total. The highest BCUT2D eigenvalue weighted by molar-refractivity contribution is 7.92. The average molecular weight is 496 g/mol. The molecule has 0 unspecified atom stereocenters. The first-order valence-corrected chi connectivity index (χ1v) is 12.6. The molecule has 0 saturated carbocycles. The summed E-state index contributed by atoms with van der Waals surface area (Å²) in [6.45, 7) is 4.86. The normalized spacial score (nSPS) is 12.2. The zero-order chi connectivity index (χ0) is 24.8. The van der Waals surface area contributed by atoms with Gasteiger partial charge in [-0.05, 0) is 50.6 Å². The topological polar surface area (TPSA) is 96.0 Å². The second-order valence-electron chi connectivity index (χ2n) is 7.93. The lowest BCUT2D eigenvalue weighted by molar-refractivity contribution is -0.139. The first-order valence-electron chi connectivity index (χ1n) is 10.4. The minimum atomic E-state index is -3.83. The van der Waals surface area contributed by atoms with Crippen molar-refractivity contribution in [1.29, 1.82) is 0 Å². The van der Waals surface area contributed by atoms with Gasteiger partial charge >= 0.3 is 0 Å². The van der Waals surface area contributed by atoms with Crippen molar-refractivity contribution in [3.8, 4) is 5.75 Å². The molecule has 2 aromatic carbocycles. The minimum Gasteiger partial charge on any atom is -0.495 e. The Morgan fingerprint density at radius 1 is 1.06 bits per heavy atom. The number of benzene rings is 2. The third-order valence-electron chi connectivity index (χ3n) is 4.90. The van der Waals surface area contributed by atoms with Crippen LogP contribution in [0.5, 0.6) is 5.75 Å². The van der Waals surface area contributed by atoms with Gasteiger partial charge in [0.25, 0.3) is 0 Å². The van der Waals surface area contributed by atoms with Crippen molar-refractivity contribution >= 4 is 39.1 Å². The molecule has 0 aliphatic carbocycles. The summed E-state index contributed by atoms with van der Waals surface area (Å²) in [7, 11) is -2.41. The number of anilines is 1. The molecule has 2 rings (SSSR count). The van der Waals surface area contributed by atoms with Crippen molar-refractivity contribution in [2.24, 2.45) is 0 Å². The predicted molar refractivity (Wildman–Crippen MR) is 130 cm³/mol. The number of carbonyl (C=O) groups excluding carboxylic acids is 2. The van der Waals surface area contributed by atoms with Gasteiger partial charge in [0.15, 0.2) is 0 Å². The van der Waals surface area contributed by atoms with Crippen LogP contribution in [0.25, 0.3) is 0 Å². The van der Waals surface area contributed by atoms with E-state index in [4.69, 9.17) is 16.3 Å². The van der Waals surface area contributed by atoms with Crippen molar-refractivity contribution in [2.45, 2.75) is 39.4 Å². The number of rotatable bonds is 10. The molecule has 10 heteroatoms. The van der Waals surface area contributed by atoms with Crippen molar-refractivity contribution in [3.05, 3.63) is 59.1 Å². The van der Waals surface area contributed by atoms with E-state index >= 15 is 0 Å². The Bertz CT molecular complexity index is 1070. The molecule has 0 aliphatic rings. The van der Waals surface area contributed by atoms with Crippen LogP contribution in [0.1, 0.15) is 26.3 Å². The lowest BCUT2D eigenvalue weighted by Crippen LogP contribution is -2.52. The molecule has 0 aliphatic heterocycles. The smallest absolute Gasteiger partial charge is 0.244 e. The number of hydrogen-bond donors (Lipinski definition) is 1. The van der Waals surface area contributed by atoms with E-state index in [1.165, 1.54) is 12.0 Å². The molecule has 0 radical (unpaired) electrons. The molecular formula is C23H30ClN3O5S. The summed E-state index contributed by atoms with van der Waals surface area (Å²) in [5.74, 6) is -0.561. The molecular weight excluding hydrogens is 466 g/mol. The lowest BCUT2D eigenvalue weighted by Gasteiger charge is -2.32. The molecule has 0 fully saturated rings. The van der Waals surface area contributed by atoms with Gasteiger partial charge in [-0.2, -0.15) is 0 Å².